The number of methoxy groups -OCH3 is 2. The SMILES string of the molecule is COc1cc2c(cc1OC)-c1cc(=Nc3c(C)cc(F)cc3C)n(CCN3C(=O)c4ccccc4C3=O)c(=O)n1CC2. The Morgan fingerprint density at radius 3 is 2.07 bits per heavy atom. The molecular weight excluding hydrogens is 539 g/mol. The minimum atomic E-state index is -0.395. The maximum Gasteiger partial charge on any atom is 0.330 e. The molecule has 1 aromatic heterocycles. The number of halogens is 1. The zero-order valence-electron chi connectivity index (χ0n) is 23.7. The van der Waals surface area contributed by atoms with Crippen molar-refractivity contribution in [2.24, 2.45) is 4.99 Å². The Labute approximate surface area is 241 Å². The summed E-state index contributed by atoms with van der Waals surface area (Å²) in [4.78, 5) is 46.2. The van der Waals surface area contributed by atoms with E-state index in [4.69, 9.17) is 14.5 Å². The number of amides is 2. The van der Waals surface area contributed by atoms with Crippen LogP contribution >= 0.6 is 0 Å². The monoisotopic (exact) mass is 568 g/mol. The van der Waals surface area contributed by atoms with Crippen molar-refractivity contribution in [1.29, 1.82) is 0 Å². The van der Waals surface area contributed by atoms with E-state index in [1.54, 1.807) is 56.9 Å². The van der Waals surface area contributed by atoms with Gasteiger partial charge in [0, 0.05) is 31.3 Å². The van der Waals surface area contributed by atoms with Crippen LogP contribution in [0.15, 0.2) is 64.4 Å². The minimum Gasteiger partial charge on any atom is -0.493 e. The molecule has 9 nitrogen and oxygen atoms in total. The summed E-state index contributed by atoms with van der Waals surface area (Å²) in [5, 5.41) is 0. The summed E-state index contributed by atoms with van der Waals surface area (Å²) >= 11 is 0. The number of rotatable bonds is 6. The number of imide groups is 1. The van der Waals surface area contributed by atoms with Gasteiger partial charge in [0.1, 0.15) is 11.3 Å². The van der Waals surface area contributed by atoms with Crippen molar-refractivity contribution in [2.45, 2.75) is 33.4 Å². The summed E-state index contributed by atoms with van der Waals surface area (Å²) in [6.07, 6.45) is 0.591. The third-order valence-corrected chi connectivity index (χ3v) is 7.89. The zero-order chi connectivity index (χ0) is 29.7. The van der Waals surface area contributed by atoms with Crippen LogP contribution in [0.25, 0.3) is 11.3 Å². The second kappa shape index (κ2) is 10.4. The second-order valence-corrected chi connectivity index (χ2v) is 10.4. The van der Waals surface area contributed by atoms with E-state index < -0.39 is 11.8 Å². The highest BCUT2D eigenvalue weighted by atomic mass is 19.1. The maximum absolute atomic E-state index is 14.1. The Balaban J connectivity index is 1.51. The van der Waals surface area contributed by atoms with Crippen molar-refractivity contribution in [3.63, 3.8) is 0 Å². The summed E-state index contributed by atoms with van der Waals surface area (Å²) in [7, 11) is 3.13. The molecule has 0 bridgehead atoms. The van der Waals surface area contributed by atoms with Gasteiger partial charge in [0.05, 0.1) is 36.7 Å². The molecule has 0 spiro atoms. The number of ether oxygens (including phenoxy) is 2. The molecule has 0 fully saturated rings. The van der Waals surface area contributed by atoms with E-state index in [0.717, 1.165) is 16.0 Å². The molecule has 0 radical (unpaired) electrons. The number of hydrogen-bond donors (Lipinski definition) is 0. The van der Waals surface area contributed by atoms with Gasteiger partial charge in [-0.3, -0.25) is 23.6 Å². The largest absolute Gasteiger partial charge is 0.493 e. The fourth-order valence-corrected chi connectivity index (χ4v) is 5.80. The normalized spacial score (nSPS) is 14.1. The number of carbonyl (C=O) groups is 2. The van der Waals surface area contributed by atoms with E-state index in [0.29, 0.717) is 63.6 Å². The Morgan fingerprint density at radius 1 is 0.833 bits per heavy atom. The summed E-state index contributed by atoms with van der Waals surface area (Å²) < 4.78 is 28.3. The molecule has 2 aliphatic rings. The molecule has 3 aromatic carbocycles. The van der Waals surface area contributed by atoms with Crippen LogP contribution in [0, 0.1) is 19.7 Å². The Bertz CT molecular complexity index is 1870. The molecule has 0 unspecified atom stereocenters. The zero-order valence-corrected chi connectivity index (χ0v) is 23.7. The van der Waals surface area contributed by atoms with Gasteiger partial charge in [-0.2, -0.15) is 0 Å². The van der Waals surface area contributed by atoms with E-state index in [2.05, 4.69) is 0 Å². The van der Waals surface area contributed by atoms with Gasteiger partial charge in [-0.1, -0.05) is 12.1 Å². The lowest BCUT2D eigenvalue weighted by molar-refractivity contribution is 0.0647. The number of carbonyl (C=O) groups excluding carboxylic acids is 2. The van der Waals surface area contributed by atoms with Gasteiger partial charge < -0.3 is 9.47 Å². The first kappa shape index (κ1) is 27.2. The quantitative estimate of drug-likeness (QED) is 0.326. The van der Waals surface area contributed by atoms with E-state index in [-0.39, 0.29) is 24.6 Å². The lowest BCUT2D eigenvalue weighted by Crippen LogP contribution is -2.45. The molecule has 2 aliphatic heterocycles. The van der Waals surface area contributed by atoms with Gasteiger partial charge in [-0.25, -0.2) is 14.2 Å². The summed E-state index contributed by atoms with van der Waals surface area (Å²) in [6, 6.07) is 15.0. The van der Waals surface area contributed by atoms with Gasteiger partial charge >= 0.3 is 5.69 Å². The maximum atomic E-state index is 14.1. The standard InChI is InChI=1S/C32H29FN4O5/c1-18-13-21(33)14-19(2)29(18)34-28-17-25-24-16-27(42-4)26(41-3)15-20(24)9-10-35(25)32(40)36(28)11-12-37-30(38)22-7-5-6-8-23(22)31(37)39/h5-8,13-17H,9-12H2,1-4H3. The van der Waals surface area contributed by atoms with Crippen LogP contribution < -0.4 is 20.7 Å². The third-order valence-electron chi connectivity index (χ3n) is 7.89. The fraction of sp³-hybridized carbons (Fsp3) is 0.250. The van der Waals surface area contributed by atoms with E-state index in [9.17, 15) is 18.8 Å². The molecule has 10 heteroatoms. The molecular formula is C32H29FN4O5. The lowest BCUT2D eigenvalue weighted by Gasteiger charge is -2.25. The highest BCUT2D eigenvalue weighted by Crippen LogP contribution is 2.37. The first-order valence-electron chi connectivity index (χ1n) is 13.6. The minimum absolute atomic E-state index is 0.0168. The molecule has 2 amide bonds. The fourth-order valence-electron chi connectivity index (χ4n) is 5.80. The predicted molar refractivity (Wildman–Crippen MR) is 154 cm³/mol. The third kappa shape index (κ3) is 4.39. The van der Waals surface area contributed by atoms with Crippen molar-refractivity contribution in [3.05, 3.63) is 104 Å². The highest BCUT2D eigenvalue weighted by molar-refractivity contribution is 6.21. The van der Waals surface area contributed by atoms with Crippen molar-refractivity contribution in [3.8, 4) is 22.8 Å². The molecule has 0 aliphatic carbocycles. The smallest absolute Gasteiger partial charge is 0.330 e. The topological polar surface area (TPSA) is 95.1 Å². The molecule has 214 valence electrons. The molecule has 0 saturated carbocycles. The van der Waals surface area contributed by atoms with Crippen molar-refractivity contribution in [1.82, 2.24) is 14.0 Å². The first-order chi connectivity index (χ1) is 20.2. The molecule has 6 rings (SSSR count). The Hall–Kier alpha value is -4.99. The van der Waals surface area contributed by atoms with E-state index >= 15 is 0 Å². The van der Waals surface area contributed by atoms with Crippen LogP contribution in [0.3, 0.4) is 0 Å². The molecule has 0 atom stereocenters. The van der Waals surface area contributed by atoms with Gasteiger partial charge in [-0.15, -0.1) is 0 Å². The average Bonchev–Trinajstić information content (AvgIpc) is 3.22. The highest BCUT2D eigenvalue weighted by Gasteiger charge is 2.35. The van der Waals surface area contributed by atoms with Crippen LogP contribution in [-0.2, 0) is 19.5 Å². The molecule has 0 N–H and O–H groups in total. The van der Waals surface area contributed by atoms with E-state index in [1.165, 1.54) is 16.7 Å². The molecule has 4 aromatic rings. The lowest BCUT2D eigenvalue weighted by atomic mass is 9.97. The van der Waals surface area contributed by atoms with Crippen LogP contribution in [0.4, 0.5) is 10.1 Å². The van der Waals surface area contributed by atoms with Gasteiger partial charge in [0.2, 0.25) is 0 Å². The molecule has 3 heterocycles. The van der Waals surface area contributed by atoms with Crippen LogP contribution in [0.1, 0.15) is 37.4 Å². The number of fused-ring (bicyclic) bond motifs is 4. The summed E-state index contributed by atoms with van der Waals surface area (Å²) in [5.74, 6) is -0.0338. The van der Waals surface area contributed by atoms with Gasteiger partial charge in [0.25, 0.3) is 11.8 Å². The van der Waals surface area contributed by atoms with Gasteiger partial charge in [-0.05, 0) is 73.4 Å². The predicted octanol–water partition coefficient (Wildman–Crippen LogP) is 4.17. The second-order valence-electron chi connectivity index (χ2n) is 10.4. The van der Waals surface area contributed by atoms with Crippen molar-refractivity contribution < 1.29 is 23.5 Å². The number of aryl methyl sites for hydroxylation is 3. The van der Waals surface area contributed by atoms with Crippen LogP contribution in [0.2, 0.25) is 0 Å². The Kier molecular flexibility index (Phi) is 6.76. The van der Waals surface area contributed by atoms with E-state index in [1.807, 2.05) is 18.2 Å². The summed E-state index contributed by atoms with van der Waals surface area (Å²) in [5.41, 5.74) is 4.91. The number of aromatic nitrogens is 2. The molecule has 42 heavy (non-hydrogen) atoms. The number of benzene rings is 3. The summed E-state index contributed by atoms with van der Waals surface area (Å²) in [6.45, 7) is 3.95. The molecule has 0 saturated heterocycles. The Morgan fingerprint density at radius 2 is 1.45 bits per heavy atom. The van der Waals surface area contributed by atoms with Crippen molar-refractivity contribution >= 4 is 17.5 Å². The number of hydrogen-bond acceptors (Lipinski definition) is 6. The first-order valence-corrected chi connectivity index (χ1v) is 13.6. The van der Waals surface area contributed by atoms with Crippen molar-refractivity contribution in [2.75, 3.05) is 20.8 Å². The average molecular weight is 569 g/mol. The van der Waals surface area contributed by atoms with Gasteiger partial charge in [0.15, 0.2) is 11.5 Å². The number of nitrogens with zero attached hydrogens (tertiary/aromatic N) is 4. The van der Waals surface area contributed by atoms with Crippen LogP contribution in [0.5, 0.6) is 11.5 Å². The van der Waals surface area contributed by atoms with Crippen LogP contribution in [-0.4, -0.2) is 46.6 Å².